The van der Waals surface area contributed by atoms with E-state index < -0.39 is 0 Å². The van der Waals surface area contributed by atoms with E-state index in [-0.39, 0.29) is 48.0 Å². The molecule has 3 fully saturated rings. The van der Waals surface area contributed by atoms with Crippen LogP contribution in [0.4, 0.5) is 0 Å². The molecule has 8 heteroatoms. The van der Waals surface area contributed by atoms with Gasteiger partial charge in [0.25, 0.3) is 5.56 Å². The molecule has 2 atom stereocenters. The number of nitrogens with zero attached hydrogens (tertiary/aromatic N) is 4. The fourth-order valence-electron chi connectivity index (χ4n) is 4.78. The van der Waals surface area contributed by atoms with Gasteiger partial charge >= 0.3 is 0 Å². The fourth-order valence-corrected chi connectivity index (χ4v) is 4.78. The lowest BCUT2D eigenvalue weighted by molar-refractivity contribution is -0.144. The normalized spacial score (nSPS) is 27.6. The third kappa shape index (κ3) is 2.96. The van der Waals surface area contributed by atoms with Gasteiger partial charge in [0.05, 0.1) is 6.33 Å². The molecule has 1 aromatic rings. The molecule has 27 heavy (non-hydrogen) atoms. The fraction of sp³-hybridized carbons (Fsp3) is 0.632. The summed E-state index contributed by atoms with van der Waals surface area (Å²) in [7, 11) is 0. The van der Waals surface area contributed by atoms with Crippen molar-refractivity contribution in [2.24, 2.45) is 0 Å². The Bertz CT molecular complexity index is 847. The van der Waals surface area contributed by atoms with E-state index in [1.807, 2.05) is 4.90 Å². The average molecular weight is 372 g/mol. The SMILES string of the molecule is Cc1ncn(CC(=O)N2C3CCC2CC(N2C(=O)CCC2=O)C3)c(=O)c1C. The Labute approximate surface area is 157 Å². The van der Waals surface area contributed by atoms with Crippen molar-refractivity contribution in [1.29, 1.82) is 0 Å². The number of amides is 3. The predicted molar refractivity (Wildman–Crippen MR) is 95.7 cm³/mol. The first-order valence-electron chi connectivity index (χ1n) is 9.55. The monoisotopic (exact) mass is 372 g/mol. The molecule has 2 unspecified atom stereocenters. The molecule has 0 saturated carbocycles. The lowest BCUT2D eigenvalue weighted by Gasteiger charge is -2.41. The Morgan fingerprint density at radius 2 is 1.63 bits per heavy atom. The first kappa shape index (κ1) is 17.9. The van der Waals surface area contributed by atoms with Gasteiger partial charge in [0.1, 0.15) is 6.54 Å². The van der Waals surface area contributed by atoms with Crippen LogP contribution in [0.1, 0.15) is 49.8 Å². The van der Waals surface area contributed by atoms with Crippen LogP contribution in [0.3, 0.4) is 0 Å². The number of piperidine rings is 1. The number of carbonyl (C=O) groups excluding carboxylic acids is 3. The highest BCUT2D eigenvalue weighted by Gasteiger charge is 2.47. The Balaban J connectivity index is 1.49. The first-order chi connectivity index (χ1) is 12.9. The summed E-state index contributed by atoms with van der Waals surface area (Å²) in [5.41, 5.74) is 1.04. The molecule has 4 heterocycles. The summed E-state index contributed by atoms with van der Waals surface area (Å²) < 4.78 is 1.36. The second kappa shape index (κ2) is 6.58. The van der Waals surface area contributed by atoms with E-state index in [1.54, 1.807) is 13.8 Å². The number of likely N-dealkylation sites (tertiary alicyclic amines) is 1. The molecule has 0 N–H and O–H groups in total. The van der Waals surface area contributed by atoms with Crippen molar-refractivity contribution < 1.29 is 14.4 Å². The van der Waals surface area contributed by atoms with Gasteiger partial charge in [0.2, 0.25) is 17.7 Å². The lowest BCUT2D eigenvalue weighted by Crippen LogP contribution is -2.54. The zero-order valence-electron chi connectivity index (χ0n) is 15.7. The Kier molecular flexibility index (Phi) is 4.36. The van der Waals surface area contributed by atoms with Gasteiger partial charge in [0.15, 0.2) is 0 Å². The molecule has 0 spiro atoms. The van der Waals surface area contributed by atoms with Crippen LogP contribution in [-0.4, -0.2) is 55.2 Å². The van der Waals surface area contributed by atoms with Crippen molar-refractivity contribution in [3.05, 3.63) is 27.9 Å². The molecule has 0 radical (unpaired) electrons. The summed E-state index contributed by atoms with van der Waals surface area (Å²) in [4.78, 5) is 56.9. The van der Waals surface area contributed by atoms with E-state index in [0.717, 1.165) is 12.8 Å². The van der Waals surface area contributed by atoms with Crippen LogP contribution >= 0.6 is 0 Å². The molecule has 0 aromatic carbocycles. The van der Waals surface area contributed by atoms with E-state index >= 15 is 0 Å². The summed E-state index contributed by atoms with van der Waals surface area (Å²) >= 11 is 0. The molecule has 3 saturated heterocycles. The Morgan fingerprint density at radius 1 is 1.04 bits per heavy atom. The van der Waals surface area contributed by atoms with Crippen LogP contribution in [0.25, 0.3) is 0 Å². The van der Waals surface area contributed by atoms with Crippen molar-refractivity contribution in [3.8, 4) is 0 Å². The zero-order chi connectivity index (χ0) is 19.3. The molecule has 0 aliphatic carbocycles. The molecule has 4 rings (SSSR count). The number of hydrogen-bond acceptors (Lipinski definition) is 5. The zero-order valence-corrected chi connectivity index (χ0v) is 15.7. The summed E-state index contributed by atoms with van der Waals surface area (Å²) in [5.74, 6) is -0.263. The predicted octanol–water partition coefficient (Wildman–Crippen LogP) is 0.531. The van der Waals surface area contributed by atoms with E-state index in [2.05, 4.69) is 4.98 Å². The van der Waals surface area contributed by atoms with Crippen molar-refractivity contribution >= 4 is 17.7 Å². The number of hydrogen-bond donors (Lipinski definition) is 0. The van der Waals surface area contributed by atoms with Gasteiger partial charge in [0, 0.05) is 42.2 Å². The number of carbonyl (C=O) groups is 3. The van der Waals surface area contributed by atoms with E-state index in [0.29, 0.717) is 36.9 Å². The molecule has 3 aliphatic rings. The number of fused-ring (bicyclic) bond motifs is 2. The maximum absolute atomic E-state index is 12.9. The van der Waals surface area contributed by atoms with Crippen molar-refractivity contribution in [2.75, 3.05) is 0 Å². The van der Waals surface area contributed by atoms with E-state index in [4.69, 9.17) is 0 Å². The minimum Gasteiger partial charge on any atom is -0.335 e. The first-order valence-corrected chi connectivity index (χ1v) is 9.55. The molecule has 144 valence electrons. The number of imide groups is 1. The minimum atomic E-state index is -0.189. The summed E-state index contributed by atoms with van der Waals surface area (Å²) in [6.45, 7) is 3.46. The minimum absolute atomic E-state index is 0.0216. The second-order valence-electron chi connectivity index (χ2n) is 7.86. The molecule has 3 amide bonds. The van der Waals surface area contributed by atoms with Crippen LogP contribution in [0.15, 0.2) is 11.1 Å². The number of aryl methyl sites for hydroxylation is 1. The summed E-state index contributed by atoms with van der Waals surface area (Å²) in [6, 6.07) is -0.0460. The number of aromatic nitrogens is 2. The molecule has 1 aromatic heterocycles. The van der Waals surface area contributed by atoms with Gasteiger partial charge in [-0.3, -0.25) is 28.6 Å². The molecular weight excluding hydrogens is 348 g/mol. The Morgan fingerprint density at radius 3 is 2.22 bits per heavy atom. The van der Waals surface area contributed by atoms with Gasteiger partial charge in [-0.1, -0.05) is 0 Å². The van der Waals surface area contributed by atoms with Gasteiger partial charge in [-0.25, -0.2) is 4.98 Å². The molecule has 3 aliphatic heterocycles. The van der Waals surface area contributed by atoms with Crippen LogP contribution in [-0.2, 0) is 20.9 Å². The highest BCUT2D eigenvalue weighted by atomic mass is 16.2. The van der Waals surface area contributed by atoms with Gasteiger partial charge < -0.3 is 4.90 Å². The largest absolute Gasteiger partial charge is 0.335 e. The third-order valence-electron chi connectivity index (χ3n) is 6.27. The van der Waals surface area contributed by atoms with Crippen molar-refractivity contribution in [3.63, 3.8) is 0 Å². The quantitative estimate of drug-likeness (QED) is 0.722. The maximum Gasteiger partial charge on any atom is 0.256 e. The van der Waals surface area contributed by atoms with Gasteiger partial charge in [-0.2, -0.15) is 0 Å². The number of rotatable bonds is 3. The summed E-state index contributed by atoms with van der Waals surface area (Å²) in [5, 5.41) is 0. The summed E-state index contributed by atoms with van der Waals surface area (Å²) in [6.07, 6.45) is 5.07. The highest BCUT2D eigenvalue weighted by Crippen LogP contribution is 2.39. The molecular formula is C19H24N4O4. The topological polar surface area (TPSA) is 92.6 Å². The highest BCUT2D eigenvalue weighted by molar-refractivity contribution is 6.02. The van der Waals surface area contributed by atoms with Crippen molar-refractivity contribution in [2.45, 2.75) is 77.0 Å². The standard InChI is InChI=1S/C19H24N4O4/c1-11-12(2)20-10-21(19(11)27)9-18(26)22-13-3-4-14(22)8-15(7-13)23-16(24)5-6-17(23)25/h10,13-15H,3-9H2,1-2H3. The van der Waals surface area contributed by atoms with E-state index in [1.165, 1.54) is 15.8 Å². The van der Waals surface area contributed by atoms with Crippen LogP contribution in [0.5, 0.6) is 0 Å². The smallest absolute Gasteiger partial charge is 0.256 e. The maximum atomic E-state index is 12.9. The molecule has 8 nitrogen and oxygen atoms in total. The van der Waals surface area contributed by atoms with Crippen LogP contribution in [0.2, 0.25) is 0 Å². The van der Waals surface area contributed by atoms with Crippen LogP contribution in [0, 0.1) is 13.8 Å². The van der Waals surface area contributed by atoms with Gasteiger partial charge in [-0.05, 0) is 39.5 Å². The molecule has 2 bridgehead atoms. The van der Waals surface area contributed by atoms with Crippen LogP contribution < -0.4 is 5.56 Å². The second-order valence-corrected chi connectivity index (χ2v) is 7.86. The van der Waals surface area contributed by atoms with Gasteiger partial charge in [-0.15, -0.1) is 0 Å². The Hall–Kier alpha value is -2.51. The average Bonchev–Trinajstić information content (AvgIpc) is 3.11. The van der Waals surface area contributed by atoms with Crippen molar-refractivity contribution in [1.82, 2.24) is 19.4 Å². The lowest BCUT2D eigenvalue weighted by atomic mass is 9.96. The third-order valence-corrected chi connectivity index (χ3v) is 6.27. The van der Waals surface area contributed by atoms with E-state index in [9.17, 15) is 19.2 Å².